The summed E-state index contributed by atoms with van der Waals surface area (Å²) < 4.78 is 11.4. The van der Waals surface area contributed by atoms with Gasteiger partial charge in [0.2, 0.25) is 5.91 Å². The number of aryl methyl sites for hydroxylation is 2. The number of rotatable bonds is 9. The molecule has 5 rings (SSSR count). The molecule has 2 aromatic carbocycles. The van der Waals surface area contributed by atoms with Crippen LogP contribution in [-0.4, -0.2) is 72.9 Å². The number of allylic oxidation sites excluding steroid dienone is 1. The quantitative estimate of drug-likeness (QED) is 0.514. The Labute approximate surface area is 223 Å². The van der Waals surface area contributed by atoms with Gasteiger partial charge in [0.25, 0.3) is 5.91 Å². The minimum absolute atomic E-state index is 0.0559. The molecule has 2 fully saturated rings. The van der Waals surface area contributed by atoms with Gasteiger partial charge in [0, 0.05) is 49.4 Å². The lowest BCUT2D eigenvalue weighted by Crippen LogP contribution is -2.49. The third kappa shape index (κ3) is 5.81. The van der Waals surface area contributed by atoms with Gasteiger partial charge in [-0.3, -0.25) is 19.3 Å². The van der Waals surface area contributed by atoms with Crippen LogP contribution in [-0.2, 0) is 22.5 Å². The lowest BCUT2D eigenvalue weighted by atomic mass is 9.99. The van der Waals surface area contributed by atoms with Crippen LogP contribution >= 0.6 is 0 Å². The highest BCUT2D eigenvalue weighted by atomic mass is 16.5. The Bertz CT molecular complexity index is 1250. The van der Waals surface area contributed by atoms with E-state index in [1.54, 1.807) is 4.90 Å². The Balaban J connectivity index is 1.17. The van der Waals surface area contributed by atoms with Gasteiger partial charge in [-0.25, -0.2) is 0 Å². The molecule has 3 aliphatic rings. The van der Waals surface area contributed by atoms with Gasteiger partial charge >= 0.3 is 0 Å². The molecule has 0 bridgehead atoms. The molecule has 8 nitrogen and oxygen atoms in total. The molecule has 0 aromatic heterocycles. The molecule has 0 spiro atoms. The number of ketones is 1. The predicted octanol–water partition coefficient (Wildman–Crippen LogP) is 3.27. The largest absolute Gasteiger partial charge is 0.492 e. The van der Waals surface area contributed by atoms with Crippen molar-refractivity contribution in [3.05, 3.63) is 76.5 Å². The molecule has 8 heteroatoms. The number of benzene rings is 2. The average Bonchev–Trinajstić information content (AvgIpc) is 3.24. The maximum Gasteiger partial charge on any atom is 0.255 e. The number of carbonyl (C=O) groups excluding carboxylic acids is 3. The van der Waals surface area contributed by atoms with Crippen LogP contribution in [0.25, 0.3) is 0 Å². The molecule has 38 heavy (non-hydrogen) atoms. The smallest absolute Gasteiger partial charge is 0.255 e. The van der Waals surface area contributed by atoms with Crippen LogP contribution in [0.4, 0.5) is 0 Å². The molecular formula is C30H35N3O5. The van der Waals surface area contributed by atoms with E-state index in [4.69, 9.17) is 9.47 Å². The van der Waals surface area contributed by atoms with Gasteiger partial charge in [-0.05, 0) is 55.0 Å². The summed E-state index contributed by atoms with van der Waals surface area (Å²) in [6, 6.07) is 10.9. The summed E-state index contributed by atoms with van der Waals surface area (Å²) in [5.41, 5.74) is 4.89. The Morgan fingerprint density at radius 1 is 1.16 bits per heavy atom. The minimum Gasteiger partial charge on any atom is -0.492 e. The molecule has 200 valence electrons. The molecule has 2 amide bonds. The van der Waals surface area contributed by atoms with Crippen molar-refractivity contribution in [2.75, 3.05) is 39.5 Å². The van der Waals surface area contributed by atoms with Crippen molar-refractivity contribution in [2.24, 2.45) is 0 Å². The van der Waals surface area contributed by atoms with E-state index in [-0.39, 0.29) is 17.6 Å². The third-order valence-corrected chi connectivity index (χ3v) is 7.62. The van der Waals surface area contributed by atoms with Gasteiger partial charge in [0.15, 0.2) is 5.78 Å². The maximum absolute atomic E-state index is 13.0. The first kappa shape index (κ1) is 26.1. The van der Waals surface area contributed by atoms with E-state index in [9.17, 15) is 14.4 Å². The molecule has 1 unspecified atom stereocenters. The van der Waals surface area contributed by atoms with Crippen molar-refractivity contribution in [3.8, 4) is 5.75 Å². The van der Waals surface area contributed by atoms with Crippen LogP contribution in [0.5, 0.6) is 5.75 Å². The van der Waals surface area contributed by atoms with E-state index < -0.39 is 6.04 Å². The second-order valence-electron chi connectivity index (χ2n) is 10.3. The van der Waals surface area contributed by atoms with Crippen molar-refractivity contribution in [1.29, 1.82) is 0 Å². The molecular weight excluding hydrogens is 482 g/mol. The Morgan fingerprint density at radius 3 is 2.76 bits per heavy atom. The molecule has 1 N–H and O–H groups in total. The van der Waals surface area contributed by atoms with Crippen LogP contribution in [0.3, 0.4) is 0 Å². The van der Waals surface area contributed by atoms with Crippen molar-refractivity contribution in [3.63, 3.8) is 0 Å². The first-order chi connectivity index (χ1) is 18.4. The van der Waals surface area contributed by atoms with Crippen LogP contribution in [0.1, 0.15) is 56.7 Å². The number of Topliss-reactive ketones (excluding diaryl/α,β-unsaturated/α-hetero) is 1. The summed E-state index contributed by atoms with van der Waals surface area (Å²) in [6.07, 6.45) is 2.19. The van der Waals surface area contributed by atoms with Crippen molar-refractivity contribution < 1.29 is 23.9 Å². The SMILES string of the molecule is C=C1CCC(N2Cc3cc(CCC(=O)c4ccc(C)c(OCCN5CCOCC5)c4)ccc3C2=O)C(=O)N1. The van der Waals surface area contributed by atoms with E-state index in [2.05, 4.69) is 16.8 Å². The Hall–Kier alpha value is -3.49. The molecule has 0 aliphatic carbocycles. The predicted molar refractivity (Wildman–Crippen MR) is 143 cm³/mol. The number of nitrogens with zero attached hydrogens (tertiary/aromatic N) is 2. The van der Waals surface area contributed by atoms with Gasteiger partial charge in [-0.1, -0.05) is 30.8 Å². The molecule has 2 saturated heterocycles. The van der Waals surface area contributed by atoms with E-state index in [1.165, 1.54) is 0 Å². The number of morpholine rings is 1. The number of carbonyl (C=O) groups is 3. The highest BCUT2D eigenvalue weighted by molar-refractivity contribution is 6.01. The normalized spacial score (nSPS) is 19.9. The monoisotopic (exact) mass is 517 g/mol. The first-order valence-corrected chi connectivity index (χ1v) is 13.4. The van der Waals surface area contributed by atoms with Crippen molar-refractivity contribution in [2.45, 2.75) is 45.2 Å². The molecule has 0 radical (unpaired) electrons. The zero-order chi connectivity index (χ0) is 26.6. The molecule has 3 aliphatic heterocycles. The highest BCUT2D eigenvalue weighted by Crippen LogP contribution is 2.29. The fourth-order valence-electron chi connectivity index (χ4n) is 5.30. The number of nitrogens with one attached hydrogen (secondary N) is 1. The fraction of sp³-hybridized carbons (Fsp3) is 0.433. The summed E-state index contributed by atoms with van der Waals surface area (Å²) in [5, 5.41) is 2.77. The third-order valence-electron chi connectivity index (χ3n) is 7.62. The van der Waals surface area contributed by atoms with E-state index in [1.807, 2.05) is 43.3 Å². The van der Waals surface area contributed by atoms with E-state index in [0.29, 0.717) is 55.7 Å². The summed E-state index contributed by atoms with van der Waals surface area (Å²) in [4.78, 5) is 42.4. The second-order valence-corrected chi connectivity index (χ2v) is 10.3. The maximum atomic E-state index is 13.0. The van der Waals surface area contributed by atoms with Crippen LogP contribution in [0.2, 0.25) is 0 Å². The molecule has 2 aromatic rings. The molecule has 1 atom stereocenters. The fourth-order valence-corrected chi connectivity index (χ4v) is 5.30. The molecule has 3 heterocycles. The first-order valence-electron chi connectivity index (χ1n) is 13.4. The second kappa shape index (κ2) is 11.5. The van der Waals surface area contributed by atoms with Gasteiger partial charge in [-0.2, -0.15) is 0 Å². The van der Waals surface area contributed by atoms with Gasteiger partial charge < -0.3 is 19.7 Å². The summed E-state index contributed by atoms with van der Waals surface area (Å²) in [5.74, 6) is 0.516. The summed E-state index contributed by atoms with van der Waals surface area (Å²) >= 11 is 0. The van der Waals surface area contributed by atoms with Crippen LogP contribution in [0.15, 0.2) is 48.7 Å². The average molecular weight is 518 g/mol. The number of ether oxygens (including phenoxy) is 2. The lowest BCUT2D eigenvalue weighted by Gasteiger charge is -2.30. The van der Waals surface area contributed by atoms with Crippen LogP contribution < -0.4 is 10.1 Å². The summed E-state index contributed by atoms with van der Waals surface area (Å²) in [6.45, 7) is 11.0. The number of hydrogen-bond donors (Lipinski definition) is 1. The standard InChI is InChI=1S/C30H35N3O5/c1-20-3-7-23(18-28(20)38-16-13-32-11-14-37-15-12-32)27(34)10-6-22-5-8-25-24(17-22)19-33(30(25)36)26-9-4-21(2)31-29(26)35/h3,5,7-8,17-18,26H,2,4,6,9-16,19H2,1H3,(H,31,35). The van der Waals surface area contributed by atoms with Crippen molar-refractivity contribution in [1.82, 2.24) is 15.1 Å². The van der Waals surface area contributed by atoms with Crippen molar-refractivity contribution >= 4 is 17.6 Å². The molecule has 0 saturated carbocycles. The van der Waals surface area contributed by atoms with Gasteiger partial charge in [-0.15, -0.1) is 0 Å². The lowest BCUT2D eigenvalue weighted by molar-refractivity contribution is -0.126. The van der Waals surface area contributed by atoms with Crippen LogP contribution in [0, 0.1) is 6.92 Å². The number of amides is 2. The topological polar surface area (TPSA) is 88.2 Å². The minimum atomic E-state index is -0.475. The van der Waals surface area contributed by atoms with Gasteiger partial charge in [0.1, 0.15) is 18.4 Å². The number of piperidine rings is 1. The zero-order valence-corrected chi connectivity index (χ0v) is 22.0. The van der Waals surface area contributed by atoms with Gasteiger partial charge in [0.05, 0.1) is 13.2 Å². The summed E-state index contributed by atoms with van der Waals surface area (Å²) in [7, 11) is 0. The van der Waals surface area contributed by atoms with E-state index >= 15 is 0 Å². The zero-order valence-electron chi connectivity index (χ0n) is 22.0. The number of fused-ring (bicyclic) bond motifs is 1. The highest BCUT2D eigenvalue weighted by Gasteiger charge is 2.38. The number of hydrogen-bond acceptors (Lipinski definition) is 6. The Morgan fingerprint density at radius 2 is 1.97 bits per heavy atom. The van der Waals surface area contributed by atoms with E-state index in [0.717, 1.165) is 55.3 Å². The Kier molecular flexibility index (Phi) is 7.90.